The molecule has 2 aromatic rings. The molecular formula is C11H11BrN2OS. The lowest BCUT2D eigenvalue weighted by Crippen LogP contribution is -2.15. The third kappa shape index (κ3) is 2.36. The number of nitrogens with zero attached hydrogens (tertiary/aromatic N) is 1. The molecule has 0 fully saturated rings. The molecule has 0 aromatic carbocycles. The number of nitrogens with one attached hydrogen (secondary N) is 1. The molecule has 2 aromatic heterocycles. The largest absolute Gasteiger partial charge is 0.343 e. The maximum atomic E-state index is 12.0. The van der Waals surface area contributed by atoms with E-state index in [0.717, 1.165) is 16.7 Å². The monoisotopic (exact) mass is 298 g/mol. The lowest BCUT2D eigenvalue weighted by Gasteiger charge is -2.05. The fourth-order valence-corrected chi connectivity index (χ4v) is 2.51. The smallest absolute Gasteiger partial charge is 0.272 e. The zero-order valence-electron chi connectivity index (χ0n) is 8.74. The summed E-state index contributed by atoms with van der Waals surface area (Å²) in [4.78, 5) is 12.0. The van der Waals surface area contributed by atoms with Gasteiger partial charge in [0.25, 0.3) is 5.91 Å². The molecule has 0 spiro atoms. The van der Waals surface area contributed by atoms with Gasteiger partial charge in [0.2, 0.25) is 0 Å². The van der Waals surface area contributed by atoms with Crippen molar-refractivity contribution in [3.8, 4) is 0 Å². The van der Waals surface area contributed by atoms with Gasteiger partial charge >= 0.3 is 0 Å². The predicted octanol–water partition coefficient (Wildman–Crippen LogP) is 3.58. The van der Waals surface area contributed by atoms with Crippen LogP contribution in [-0.2, 0) is 6.54 Å². The van der Waals surface area contributed by atoms with Gasteiger partial charge in [0.15, 0.2) is 0 Å². The molecule has 5 heteroatoms. The maximum Gasteiger partial charge on any atom is 0.272 e. The summed E-state index contributed by atoms with van der Waals surface area (Å²) in [7, 11) is 0. The van der Waals surface area contributed by atoms with Crippen molar-refractivity contribution in [1.29, 1.82) is 0 Å². The summed E-state index contributed by atoms with van der Waals surface area (Å²) >= 11 is 4.93. The lowest BCUT2D eigenvalue weighted by molar-refractivity contribution is 0.101. The average molecular weight is 299 g/mol. The van der Waals surface area contributed by atoms with E-state index >= 15 is 0 Å². The van der Waals surface area contributed by atoms with Crippen LogP contribution in [0.2, 0.25) is 0 Å². The van der Waals surface area contributed by atoms with E-state index in [-0.39, 0.29) is 5.91 Å². The Morgan fingerprint density at radius 3 is 3.06 bits per heavy atom. The Morgan fingerprint density at radius 2 is 2.44 bits per heavy atom. The number of aromatic nitrogens is 1. The first-order valence-electron chi connectivity index (χ1n) is 4.90. The summed E-state index contributed by atoms with van der Waals surface area (Å²) in [5.41, 5.74) is 1.51. The number of rotatable bonds is 3. The number of thiophene rings is 1. The number of hydrogen-bond donors (Lipinski definition) is 1. The minimum Gasteiger partial charge on any atom is -0.343 e. The van der Waals surface area contributed by atoms with Crippen molar-refractivity contribution in [2.75, 3.05) is 5.32 Å². The topological polar surface area (TPSA) is 34.0 Å². The Bertz CT molecular complexity index is 490. The number of carbonyl (C=O) groups excluding carboxylic acids is 1. The van der Waals surface area contributed by atoms with E-state index in [0.29, 0.717) is 5.69 Å². The van der Waals surface area contributed by atoms with Crippen LogP contribution in [0.3, 0.4) is 0 Å². The minimum absolute atomic E-state index is 0.0778. The van der Waals surface area contributed by atoms with E-state index < -0.39 is 0 Å². The fraction of sp³-hybridized carbons (Fsp3) is 0.182. The van der Waals surface area contributed by atoms with Crippen LogP contribution in [0, 0.1) is 0 Å². The molecule has 0 aliphatic heterocycles. The molecule has 0 aliphatic rings. The number of amides is 1. The Morgan fingerprint density at radius 1 is 1.62 bits per heavy atom. The van der Waals surface area contributed by atoms with Crippen LogP contribution < -0.4 is 5.32 Å². The van der Waals surface area contributed by atoms with E-state index in [4.69, 9.17) is 0 Å². The first-order valence-corrected chi connectivity index (χ1v) is 6.63. The van der Waals surface area contributed by atoms with E-state index in [9.17, 15) is 4.79 Å². The van der Waals surface area contributed by atoms with Gasteiger partial charge in [0.1, 0.15) is 5.69 Å². The molecule has 84 valence electrons. The van der Waals surface area contributed by atoms with Gasteiger partial charge < -0.3 is 9.88 Å². The Hall–Kier alpha value is -1.07. The summed E-state index contributed by atoms with van der Waals surface area (Å²) in [5, 5.41) is 6.70. The SMILES string of the molecule is CCn1cc(Br)cc1C(=O)Nc1ccsc1. The van der Waals surface area contributed by atoms with E-state index in [1.54, 1.807) is 11.3 Å². The van der Waals surface area contributed by atoms with Crippen molar-refractivity contribution in [2.24, 2.45) is 0 Å². The quantitative estimate of drug-likeness (QED) is 0.923. The highest BCUT2D eigenvalue weighted by Crippen LogP contribution is 2.18. The molecule has 0 unspecified atom stereocenters. The van der Waals surface area contributed by atoms with Crippen molar-refractivity contribution in [1.82, 2.24) is 4.57 Å². The maximum absolute atomic E-state index is 12.0. The molecule has 0 atom stereocenters. The van der Waals surface area contributed by atoms with Crippen LogP contribution in [0.25, 0.3) is 0 Å². The average Bonchev–Trinajstić information content (AvgIpc) is 2.86. The normalized spacial score (nSPS) is 10.4. The molecule has 3 nitrogen and oxygen atoms in total. The molecule has 0 saturated heterocycles. The molecule has 2 rings (SSSR count). The summed E-state index contributed by atoms with van der Waals surface area (Å²) < 4.78 is 2.83. The summed E-state index contributed by atoms with van der Waals surface area (Å²) in [6.07, 6.45) is 1.91. The van der Waals surface area contributed by atoms with Crippen LogP contribution in [0.15, 0.2) is 33.6 Å². The van der Waals surface area contributed by atoms with Crippen molar-refractivity contribution < 1.29 is 4.79 Å². The van der Waals surface area contributed by atoms with Crippen LogP contribution in [0.4, 0.5) is 5.69 Å². The highest BCUT2D eigenvalue weighted by molar-refractivity contribution is 9.10. The second kappa shape index (κ2) is 4.84. The highest BCUT2D eigenvalue weighted by Gasteiger charge is 2.12. The van der Waals surface area contributed by atoms with Crippen molar-refractivity contribution in [2.45, 2.75) is 13.5 Å². The van der Waals surface area contributed by atoms with E-state index in [2.05, 4.69) is 21.2 Å². The molecule has 0 radical (unpaired) electrons. The highest BCUT2D eigenvalue weighted by atomic mass is 79.9. The molecule has 2 heterocycles. The number of carbonyl (C=O) groups is 1. The van der Waals surface area contributed by atoms with Gasteiger partial charge in [0.05, 0.1) is 5.69 Å². The van der Waals surface area contributed by atoms with Crippen molar-refractivity contribution >= 4 is 38.9 Å². The van der Waals surface area contributed by atoms with E-state index in [1.807, 2.05) is 40.6 Å². The second-order valence-corrected chi connectivity index (χ2v) is 4.99. The number of halogens is 1. The van der Waals surface area contributed by atoms with E-state index in [1.165, 1.54) is 0 Å². The minimum atomic E-state index is -0.0778. The predicted molar refractivity (Wildman–Crippen MR) is 70.1 cm³/mol. The number of anilines is 1. The van der Waals surface area contributed by atoms with Gasteiger partial charge in [-0.15, -0.1) is 0 Å². The van der Waals surface area contributed by atoms with Gasteiger partial charge in [-0.3, -0.25) is 4.79 Å². The second-order valence-electron chi connectivity index (χ2n) is 3.30. The molecule has 16 heavy (non-hydrogen) atoms. The number of hydrogen-bond acceptors (Lipinski definition) is 2. The fourth-order valence-electron chi connectivity index (χ4n) is 1.46. The number of aryl methyl sites for hydroxylation is 1. The third-order valence-corrected chi connectivity index (χ3v) is 3.33. The first kappa shape index (κ1) is 11.4. The Balaban J connectivity index is 2.20. The van der Waals surface area contributed by atoms with Gasteiger partial charge in [-0.05, 0) is 40.4 Å². The summed E-state index contributed by atoms with van der Waals surface area (Å²) in [6.45, 7) is 2.78. The van der Waals surface area contributed by atoms with Gasteiger partial charge in [-0.1, -0.05) is 0 Å². The molecule has 1 N–H and O–H groups in total. The van der Waals surface area contributed by atoms with Gasteiger partial charge in [0, 0.05) is 22.6 Å². The van der Waals surface area contributed by atoms with Gasteiger partial charge in [-0.2, -0.15) is 11.3 Å². The lowest BCUT2D eigenvalue weighted by atomic mass is 10.4. The Labute approximate surface area is 106 Å². The zero-order valence-corrected chi connectivity index (χ0v) is 11.1. The van der Waals surface area contributed by atoms with Crippen LogP contribution in [-0.4, -0.2) is 10.5 Å². The zero-order chi connectivity index (χ0) is 11.5. The molecule has 1 amide bonds. The van der Waals surface area contributed by atoms with Crippen LogP contribution in [0.1, 0.15) is 17.4 Å². The molecular weight excluding hydrogens is 288 g/mol. The van der Waals surface area contributed by atoms with Gasteiger partial charge in [-0.25, -0.2) is 0 Å². The molecule has 0 bridgehead atoms. The third-order valence-electron chi connectivity index (χ3n) is 2.22. The van der Waals surface area contributed by atoms with Crippen molar-refractivity contribution in [3.63, 3.8) is 0 Å². The first-order chi connectivity index (χ1) is 7.70. The summed E-state index contributed by atoms with van der Waals surface area (Å²) in [6, 6.07) is 3.71. The van der Waals surface area contributed by atoms with Crippen molar-refractivity contribution in [3.05, 3.63) is 39.3 Å². The Kier molecular flexibility index (Phi) is 3.46. The van der Waals surface area contributed by atoms with Crippen LogP contribution in [0.5, 0.6) is 0 Å². The summed E-state index contributed by atoms with van der Waals surface area (Å²) in [5.74, 6) is -0.0778. The molecule has 0 saturated carbocycles. The van der Waals surface area contributed by atoms with Crippen LogP contribution >= 0.6 is 27.3 Å². The standard InChI is InChI=1S/C11H11BrN2OS/c1-2-14-6-8(12)5-10(14)11(15)13-9-3-4-16-7-9/h3-7H,2H2,1H3,(H,13,15). The molecule has 0 aliphatic carbocycles.